The van der Waals surface area contributed by atoms with Gasteiger partial charge >= 0.3 is 0 Å². The second kappa shape index (κ2) is 11.1. The van der Waals surface area contributed by atoms with Gasteiger partial charge < -0.3 is 19.7 Å². The van der Waals surface area contributed by atoms with E-state index < -0.39 is 23.3 Å². The van der Waals surface area contributed by atoms with Crippen LogP contribution < -0.4 is 10.9 Å². The van der Waals surface area contributed by atoms with Crippen molar-refractivity contribution in [3.05, 3.63) is 81.0 Å². The van der Waals surface area contributed by atoms with Crippen molar-refractivity contribution in [1.82, 2.24) is 9.88 Å². The van der Waals surface area contributed by atoms with E-state index >= 15 is 0 Å². The van der Waals surface area contributed by atoms with Crippen LogP contribution in [0.25, 0.3) is 5.76 Å². The van der Waals surface area contributed by atoms with Crippen molar-refractivity contribution in [3.8, 4) is 11.8 Å². The fraction of sp³-hybridized carbons (Fsp3) is 0.320. The van der Waals surface area contributed by atoms with Crippen LogP contribution in [0.15, 0.2) is 47.3 Å². The molecule has 1 aromatic carbocycles. The van der Waals surface area contributed by atoms with Crippen molar-refractivity contribution in [3.63, 3.8) is 0 Å². The molecule has 1 unspecified atom stereocenters. The molecule has 2 N–H and O–H groups in total. The number of nitrogens with zero attached hydrogens (tertiary/aromatic N) is 2. The number of carbonyl (C=O) groups excluding carboxylic acids is 1. The van der Waals surface area contributed by atoms with Crippen molar-refractivity contribution in [1.29, 1.82) is 5.26 Å². The number of amides is 1. The summed E-state index contributed by atoms with van der Waals surface area (Å²) in [5, 5.41) is 22.2. The molecule has 1 atom stereocenters. The third kappa shape index (κ3) is 5.14. The van der Waals surface area contributed by atoms with Crippen LogP contribution in [-0.4, -0.2) is 28.7 Å². The summed E-state index contributed by atoms with van der Waals surface area (Å²) in [5.41, 5.74) is 0.958. The minimum atomic E-state index is -0.704. The smallest absolute Gasteiger partial charge is 0.267 e. The number of hydrogen-bond acceptors (Lipinski definition) is 5. The molecule has 8 heteroatoms. The lowest BCUT2D eigenvalue weighted by Crippen LogP contribution is -2.40. The van der Waals surface area contributed by atoms with Gasteiger partial charge in [-0.1, -0.05) is 38.6 Å². The highest BCUT2D eigenvalue weighted by molar-refractivity contribution is 5.97. The standard InChI is InChI=1S/C23H22FN3O4.C2H6/c1-4-15(11-14-5-7-16(24)8-6-14)21-19-13(2)20(28)18(22(29)26-3)23(30)27(19)12-17(31-21)9-10-25;1-2/h4-8,17,28H,1,9,11-12H2,2-3H3,(H,26,29);1-2H3/b21-15-;. The van der Waals surface area contributed by atoms with E-state index in [9.17, 15) is 19.1 Å². The normalized spacial score (nSPS) is 15.7. The number of rotatable bonds is 5. The minimum absolute atomic E-state index is 0.0194. The maximum absolute atomic E-state index is 13.3. The van der Waals surface area contributed by atoms with E-state index in [1.807, 2.05) is 19.9 Å². The zero-order valence-electron chi connectivity index (χ0n) is 19.2. The van der Waals surface area contributed by atoms with Crippen LogP contribution in [0.4, 0.5) is 4.39 Å². The highest BCUT2D eigenvalue weighted by Gasteiger charge is 2.32. The van der Waals surface area contributed by atoms with E-state index in [0.29, 0.717) is 29.0 Å². The Balaban J connectivity index is 0.00000187. The molecule has 3 rings (SSSR count). The van der Waals surface area contributed by atoms with E-state index in [-0.39, 0.29) is 24.3 Å². The maximum atomic E-state index is 13.3. The molecule has 174 valence electrons. The van der Waals surface area contributed by atoms with Crippen LogP contribution in [0, 0.1) is 24.1 Å². The van der Waals surface area contributed by atoms with E-state index in [2.05, 4.69) is 11.9 Å². The average molecular weight is 454 g/mol. The zero-order valence-corrected chi connectivity index (χ0v) is 19.2. The number of hydrogen-bond donors (Lipinski definition) is 2. The van der Waals surface area contributed by atoms with E-state index in [0.717, 1.165) is 5.56 Å². The Labute approximate surface area is 192 Å². The number of pyridine rings is 1. The van der Waals surface area contributed by atoms with Crippen LogP contribution in [-0.2, 0) is 17.7 Å². The lowest BCUT2D eigenvalue weighted by atomic mass is 9.98. The highest BCUT2D eigenvalue weighted by Crippen LogP contribution is 2.35. The molecule has 2 heterocycles. The molecule has 0 radical (unpaired) electrons. The van der Waals surface area contributed by atoms with Crippen molar-refractivity contribution >= 4 is 11.7 Å². The first kappa shape index (κ1) is 25.4. The van der Waals surface area contributed by atoms with E-state index in [1.54, 1.807) is 25.1 Å². The predicted molar refractivity (Wildman–Crippen MR) is 124 cm³/mol. The first-order chi connectivity index (χ1) is 15.8. The summed E-state index contributed by atoms with van der Waals surface area (Å²) < 4.78 is 20.7. The van der Waals surface area contributed by atoms with Gasteiger partial charge in [-0.3, -0.25) is 9.59 Å². The summed E-state index contributed by atoms with van der Waals surface area (Å²) in [6, 6.07) is 7.97. The van der Waals surface area contributed by atoms with Crippen LogP contribution >= 0.6 is 0 Å². The van der Waals surface area contributed by atoms with Crippen molar-refractivity contribution in [2.45, 2.75) is 46.3 Å². The van der Waals surface area contributed by atoms with Gasteiger partial charge in [0.05, 0.1) is 24.7 Å². The molecule has 33 heavy (non-hydrogen) atoms. The Bertz CT molecular complexity index is 1170. The predicted octanol–water partition coefficient (Wildman–Crippen LogP) is 3.84. The molecule has 1 aromatic heterocycles. The van der Waals surface area contributed by atoms with Gasteiger partial charge in [-0.2, -0.15) is 5.26 Å². The summed E-state index contributed by atoms with van der Waals surface area (Å²) in [4.78, 5) is 25.3. The summed E-state index contributed by atoms with van der Waals surface area (Å²) in [6.07, 6.45) is 1.27. The van der Waals surface area contributed by atoms with Crippen LogP contribution in [0.5, 0.6) is 5.75 Å². The largest absolute Gasteiger partial charge is 0.507 e. The van der Waals surface area contributed by atoms with Crippen molar-refractivity contribution in [2.75, 3.05) is 7.05 Å². The van der Waals surface area contributed by atoms with E-state index in [1.165, 1.54) is 23.7 Å². The number of nitriles is 1. The number of allylic oxidation sites excluding steroid dienone is 2. The third-order valence-corrected chi connectivity index (χ3v) is 5.18. The number of halogens is 1. The topological polar surface area (TPSA) is 104 Å². The molecule has 1 amide bonds. The second-order valence-corrected chi connectivity index (χ2v) is 7.16. The summed E-state index contributed by atoms with van der Waals surface area (Å²) in [7, 11) is 1.37. The number of benzene rings is 1. The first-order valence-corrected chi connectivity index (χ1v) is 10.6. The number of nitrogens with one attached hydrogen (secondary N) is 1. The fourth-order valence-electron chi connectivity index (χ4n) is 3.60. The van der Waals surface area contributed by atoms with Crippen LogP contribution in [0.3, 0.4) is 0 Å². The fourth-order valence-corrected chi connectivity index (χ4v) is 3.60. The average Bonchev–Trinajstić information content (AvgIpc) is 2.83. The van der Waals surface area contributed by atoms with Crippen molar-refractivity contribution < 1.29 is 19.0 Å². The summed E-state index contributed by atoms with van der Waals surface area (Å²) >= 11 is 0. The molecule has 0 bridgehead atoms. The molecule has 7 nitrogen and oxygen atoms in total. The van der Waals surface area contributed by atoms with Gasteiger partial charge in [0.15, 0.2) is 0 Å². The van der Waals surface area contributed by atoms with Gasteiger partial charge in [-0.05, 0) is 24.6 Å². The molecule has 0 saturated carbocycles. The quantitative estimate of drug-likeness (QED) is 0.716. The highest BCUT2D eigenvalue weighted by atomic mass is 19.1. The Morgan fingerprint density at radius 3 is 2.58 bits per heavy atom. The van der Waals surface area contributed by atoms with Crippen LogP contribution in [0.1, 0.15) is 47.4 Å². The third-order valence-electron chi connectivity index (χ3n) is 5.18. The minimum Gasteiger partial charge on any atom is -0.507 e. The number of carbonyl (C=O) groups is 1. The lowest BCUT2D eigenvalue weighted by Gasteiger charge is -2.31. The Hall–Kier alpha value is -3.86. The molecule has 0 spiro atoms. The number of fused-ring (bicyclic) bond motifs is 1. The molecule has 0 fully saturated rings. The monoisotopic (exact) mass is 453 g/mol. The van der Waals surface area contributed by atoms with Crippen molar-refractivity contribution in [2.24, 2.45) is 0 Å². The zero-order chi connectivity index (χ0) is 24.7. The van der Waals surface area contributed by atoms with Gasteiger partial charge in [0.2, 0.25) is 0 Å². The SMILES string of the molecule is C=C/C(Cc1ccc(F)cc1)=C1/OC(CC#N)Cn2c1c(C)c(O)c(C(=O)NC)c2=O.CC. The lowest BCUT2D eigenvalue weighted by molar-refractivity contribution is 0.0953. The molecule has 2 aromatic rings. The molecule has 1 aliphatic rings. The molecule has 1 aliphatic heterocycles. The van der Waals surface area contributed by atoms with Gasteiger partial charge in [0, 0.05) is 24.6 Å². The molecule has 0 aliphatic carbocycles. The molecule has 0 saturated heterocycles. The summed E-state index contributed by atoms with van der Waals surface area (Å²) in [6.45, 7) is 9.47. The number of aromatic nitrogens is 1. The van der Waals surface area contributed by atoms with Gasteiger partial charge in [-0.15, -0.1) is 0 Å². The Kier molecular flexibility index (Phi) is 8.57. The van der Waals surface area contributed by atoms with Gasteiger partial charge in [0.25, 0.3) is 11.5 Å². The number of aromatic hydroxyl groups is 1. The Morgan fingerprint density at radius 2 is 2.03 bits per heavy atom. The summed E-state index contributed by atoms with van der Waals surface area (Å²) in [5.74, 6) is -1.20. The van der Waals surface area contributed by atoms with Crippen LogP contribution in [0.2, 0.25) is 0 Å². The maximum Gasteiger partial charge on any atom is 0.267 e. The number of ether oxygens (including phenoxy) is 1. The molecular formula is C25H28FN3O4. The molecular weight excluding hydrogens is 425 g/mol. The first-order valence-electron chi connectivity index (χ1n) is 10.6. The Morgan fingerprint density at radius 1 is 1.39 bits per heavy atom. The van der Waals surface area contributed by atoms with Gasteiger partial charge in [-0.25, -0.2) is 4.39 Å². The van der Waals surface area contributed by atoms with Gasteiger partial charge in [0.1, 0.15) is 29.0 Å². The van der Waals surface area contributed by atoms with E-state index in [4.69, 9.17) is 10.00 Å². The second-order valence-electron chi connectivity index (χ2n) is 7.16.